The number of carbonyl (C=O) groups is 1. The summed E-state index contributed by atoms with van der Waals surface area (Å²) in [7, 11) is -0.0611. The molecule has 2 aliphatic rings. The zero-order valence-corrected chi connectivity index (χ0v) is 21.8. The van der Waals surface area contributed by atoms with Gasteiger partial charge in [-0.2, -0.15) is 0 Å². The molecule has 1 aromatic rings. The fraction of sp³-hybridized carbons (Fsp3) is 0.708. The maximum Gasteiger partial charge on any atom is 0.257 e. The van der Waals surface area contributed by atoms with Crippen LogP contribution in [0.1, 0.15) is 37.0 Å². The number of likely N-dealkylation sites (N-methyl/N-ethyl adjacent to an activating group) is 1. The minimum atomic E-state index is -3.48. The first-order chi connectivity index (χ1) is 16.1. The lowest BCUT2D eigenvalue weighted by molar-refractivity contribution is 0.0000232. The van der Waals surface area contributed by atoms with Crippen molar-refractivity contribution in [2.45, 2.75) is 38.8 Å². The van der Waals surface area contributed by atoms with Crippen LogP contribution in [0.4, 0.5) is 5.69 Å². The highest BCUT2D eigenvalue weighted by Crippen LogP contribution is 2.27. The normalized spacial score (nSPS) is 26.2. The average molecular weight is 498 g/mol. The van der Waals surface area contributed by atoms with Gasteiger partial charge in [-0.3, -0.25) is 14.4 Å². The number of rotatable bonds is 5. The topological polar surface area (TPSA) is 97.4 Å². The predicted molar refractivity (Wildman–Crippen MR) is 132 cm³/mol. The van der Waals surface area contributed by atoms with Gasteiger partial charge >= 0.3 is 0 Å². The molecule has 2 heterocycles. The van der Waals surface area contributed by atoms with Crippen molar-refractivity contribution >= 4 is 21.6 Å². The number of nitrogens with one attached hydrogen (secondary N) is 1. The molecular weight excluding hydrogens is 458 g/mol. The van der Waals surface area contributed by atoms with Crippen molar-refractivity contribution in [1.29, 1.82) is 0 Å². The molecule has 0 bridgehead atoms. The predicted octanol–water partition coefficient (Wildman–Crippen LogP) is 2.29. The molecular formula is C24H39N3O6S. The van der Waals surface area contributed by atoms with Crippen molar-refractivity contribution in [3.63, 3.8) is 0 Å². The summed E-state index contributed by atoms with van der Waals surface area (Å²) in [5, 5.41) is 0. The van der Waals surface area contributed by atoms with Gasteiger partial charge in [0.1, 0.15) is 12.4 Å². The van der Waals surface area contributed by atoms with Crippen LogP contribution in [-0.4, -0.2) is 96.1 Å². The van der Waals surface area contributed by atoms with Crippen LogP contribution in [-0.2, 0) is 19.5 Å². The average Bonchev–Trinajstić information content (AvgIpc) is 2.79. The second kappa shape index (κ2) is 11.7. The minimum absolute atomic E-state index is 0.122. The van der Waals surface area contributed by atoms with Crippen molar-refractivity contribution in [3.05, 3.63) is 23.8 Å². The van der Waals surface area contributed by atoms with E-state index in [0.29, 0.717) is 36.1 Å². The number of anilines is 1. The molecule has 9 nitrogen and oxygen atoms in total. The number of methoxy groups -OCH3 is 1. The molecule has 0 unspecified atom stereocenters. The van der Waals surface area contributed by atoms with E-state index in [0.717, 1.165) is 45.4 Å². The molecule has 192 valence electrons. The molecule has 0 aromatic heterocycles. The van der Waals surface area contributed by atoms with Gasteiger partial charge < -0.3 is 19.1 Å². The first kappa shape index (κ1) is 26.7. The number of fused-ring (bicyclic) bond motifs is 1. The molecule has 3 rings (SSSR count). The Morgan fingerprint density at radius 1 is 1.18 bits per heavy atom. The molecule has 1 amide bonds. The van der Waals surface area contributed by atoms with E-state index in [-0.39, 0.29) is 24.0 Å². The Morgan fingerprint density at radius 2 is 1.88 bits per heavy atom. The fourth-order valence-electron chi connectivity index (χ4n) is 4.64. The van der Waals surface area contributed by atoms with Crippen LogP contribution in [0.25, 0.3) is 0 Å². The quantitative estimate of drug-likeness (QED) is 0.667. The van der Waals surface area contributed by atoms with Crippen LogP contribution in [0, 0.1) is 11.8 Å². The molecule has 0 radical (unpaired) electrons. The number of benzene rings is 1. The standard InChI is InChI=1S/C24H39N3O6S/c1-17-13-27(14-19-8-10-32-11-9-19)18(2)16-33-22-7-6-20(25-34(5,29)30)12-21(22)24(28)26(3)15-23(17)31-4/h6-7,12,17-19,23,25H,8-11,13-16H2,1-5H3/t17-,18-,23-/m1/s1. The smallest absolute Gasteiger partial charge is 0.257 e. The van der Waals surface area contributed by atoms with Gasteiger partial charge in [0.25, 0.3) is 5.91 Å². The van der Waals surface area contributed by atoms with Gasteiger partial charge in [0.15, 0.2) is 0 Å². The third-order valence-corrected chi connectivity index (χ3v) is 7.32. The fourth-order valence-corrected chi connectivity index (χ4v) is 5.20. The second-order valence-electron chi connectivity index (χ2n) is 9.69. The SMILES string of the molecule is CO[C@@H]1CN(C)C(=O)c2cc(NS(C)(=O)=O)ccc2OC[C@@H](C)N(CC2CCOCC2)C[C@H]1C. The van der Waals surface area contributed by atoms with E-state index in [1.807, 2.05) is 0 Å². The number of hydrogen-bond donors (Lipinski definition) is 1. The number of nitrogens with zero attached hydrogens (tertiary/aromatic N) is 2. The molecule has 2 aliphatic heterocycles. The molecule has 0 spiro atoms. The number of hydrogen-bond acceptors (Lipinski definition) is 7. The summed E-state index contributed by atoms with van der Waals surface area (Å²) in [6.45, 7) is 8.56. The monoisotopic (exact) mass is 497 g/mol. The Labute approximate surface area is 203 Å². The van der Waals surface area contributed by atoms with Crippen LogP contribution in [0.15, 0.2) is 18.2 Å². The number of sulfonamides is 1. The summed E-state index contributed by atoms with van der Waals surface area (Å²) in [6, 6.07) is 4.93. The number of ether oxygens (including phenoxy) is 3. The Kier molecular flexibility index (Phi) is 9.20. The summed E-state index contributed by atoms with van der Waals surface area (Å²) in [6.07, 6.45) is 3.06. The number of amides is 1. The van der Waals surface area contributed by atoms with E-state index in [9.17, 15) is 13.2 Å². The minimum Gasteiger partial charge on any atom is -0.491 e. The highest BCUT2D eigenvalue weighted by Gasteiger charge is 2.30. The van der Waals surface area contributed by atoms with Crippen molar-refractivity contribution in [3.8, 4) is 5.75 Å². The third kappa shape index (κ3) is 7.31. The largest absolute Gasteiger partial charge is 0.491 e. The highest BCUT2D eigenvalue weighted by molar-refractivity contribution is 7.92. The highest BCUT2D eigenvalue weighted by atomic mass is 32.2. The van der Waals surface area contributed by atoms with Crippen LogP contribution < -0.4 is 9.46 Å². The van der Waals surface area contributed by atoms with Gasteiger partial charge in [0.2, 0.25) is 10.0 Å². The van der Waals surface area contributed by atoms with Crippen LogP contribution in [0.3, 0.4) is 0 Å². The zero-order valence-electron chi connectivity index (χ0n) is 21.0. The Balaban J connectivity index is 1.91. The van der Waals surface area contributed by atoms with Crippen molar-refractivity contribution in [2.24, 2.45) is 11.8 Å². The molecule has 0 aliphatic carbocycles. The summed E-state index contributed by atoms with van der Waals surface area (Å²) in [5.74, 6) is 0.975. The van der Waals surface area contributed by atoms with Gasteiger partial charge in [0, 0.05) is 58.7 Å². The van der Waals surface area contributed by atoms with E-state index in [2.05, 4.69) is 23.5 Å². The summed E-state index contributed by atoms with van der Waals surface area (Å²) in [4.78, 5) is 17.4. The first-order valence-electron chi connectivity index (χ1n) is 11.9. The van der Waals surface area contributed by atoms with Gasteiger partial charge in [-0.1, -0.05) is 6.92 Å². The van der Waals surface area contributed by atoms with E-state index in [1.165, 1.54) is 6.07 Å². The van der Waals surface area contributed by atoms with Gasteiger partial charge in [-0.25, -0.2) is 8.42 Å². The Bertz CT molecular complexity index is 935. The Morgan fingerprint density at radius 3 is 2.53 bits per heavy atom. The molecule has 0 saturated carbocycles. The van der Waals surface area contributed by atoms with Crippen molar-refractivity contribution in [2.75, 3.05) is 64.6 Å². The van der Waals surface area contributed by atoms with Crippen LogP contribution >= 0.6 is 0 Å². The lowest BCUT2D eigenvalue weighted by Gasteiger charge is -2.38. The summed E-state index contributed by atoms with van der Waals surface area (Å²) < 4.78 is 43.4. The summed E-state index contributed by atoms with van der Waals surface area (Å²) in [5.41, 5.74) is 0.645. The molecule has 1 fully saturated rings. The van der Waals surface area contributed by atoms with Gasteiger partial charge in [-0.15, -0.1) is 0 Å². The van der Waals surface area contributed by atoms with E-state index >= 15 is 0 Å². The molecule has 1 saturated heterocycles. The molecule has 1 aromatic carbocycles. The van der Waals surface area contributed by atoms with Gasteiger partial charge in [0.05, 0.1) is 17.9 Å². The van der Waals surface area contributed by atoms with E-state index < -0.39 is 10.0 Å². The van der Waals surface area contributed by atoms with Crippen LogP contribution in [0.2, 0.25) is 0 Å². The molecule has 1 N–H and O–H groups in total. The maximum atomic E-state index is 13.3. The van der Waals surface area contributed by atoms with Crippen molar-refractivity contribution < 1.29 is 27.4 Å². The molecule has 10 heteroatoms. The van der Waals surface area contributed by atoms with E-state index in [4.69, 9.17) is 14.2 Å². The van der Waals surface area contributed by atoms with E-state index in [1.54, 1.807) is 31.2 Å². The molecule has 34 heavy (non-hydrogen) atoms. The first-order valence-corrected chi connectivity index (χ1v) is 13.8. The zero-order chi connectivity index (χ0) is 24.9. The lowest BCUT2D eigenvalue weighted by atomic mass is 9.96. The van der Waals surface area contributed by atoms with Gasteiger partial charge in [-0.05, 0) is 49.8 Å². The number of carbonyl (C=O) groups excluding carboxylic acids is 1. The molecule has 3 atom stereocenters. The summed E-state index contributed by atoms with van der Waals surface area (Å²) >= 11 is 0. The Hall–Kier alpha value is -1.88. The lowest BCUT2D eigenvalue weighted by Crippen LogP contribution is -2.48. The van der Waals surface area contributed by atoms with Crippen LogP contribution in [0.5, 0.6) is 5.75 Å². The van der Waals surface area contributed by atoms with Crippen molar-refractivity contribution in [1.82, 2.24) is 9.80 Å². The third-order valence-electron chi connectivity index (χ3n) is 6.71. The second-order valence-corrected chi connectivity index (χ2v) is 11.4. The maximum absolute atomic E-state index is 13.3.